The summed E-state index contributed by atoms with van der Waals surface area (Å²) in [5.41, 5.74) is 1.52. The van der Waals surface area contributed by atoms with Crippen molar-refractivity contribution in [3.8, 4) is 0 Å². The van der Waals surface area contributed by atoms with Gasteiger partial charge in [-0.3, -0.25) is 0 Å². The first-order valence-electron chi connectivity index (χ1n) is 8.06. The van der Waals surface area contributed by atoms with Crippen molar-refractivity contribution in [3.05, 3.63) is 47.8 Å². The van der Waals surface area contributed by atoms with Gasteiger partial charge >= 0.3 is 0 Å². The molecule has 0 bridgehead atoms. The van der Waals surface area contributed by atoms with Crippen molar-refractivity contribution in [1.82, 2.24) is 5.32 Å². The minimum atomic E-state index is -0.124. The Morgan fingerprint density at radius 1 is 1.10 bits per heavy atom. The van der Waals surface area contributed by atoms with Crippen LogP contribution in [0.1, 0.15) is 51.1 Å². The van der Waals surface area contributed by atoms with Gasteiger partial charge in [0, 0.05) is 11.4 Å². The molecule has 1 nitrogen and oxygen atoms in total. The summed E-state index contributed by atoms with van der Waals surface area (Å²) in [5, 5.41) is 5.46. The minimum absolute atomic E-state index is 0.124. The van der Waals surface area contributed by atoms with Crippen LogP contribution in [0.15, 0.2) is 36.4 Å². The minimum Gasteiger partial charge on any atom is -0.310 e. The molecule has 0 heterocycles. The first-order chi connectivity index (χ1) is 10.2. The second-order valence-corrected chi connectivity index (χ2v) is 6.53. The van der Waals surface area contributed by atoms with Crippen LogP contribution in [0.5, 0.6) is 0 Å². The molecule has 2 aromatic rings. The highest BCUT2D eigenvalue weighted by atomic mass is 19.1. The highest BCUT2D eigenvalue weighted by molar-refractivity contribution is 5.86. The normalized spacial score (nSPS) is 19.0. The Morgan fingerprint density at radius 2 is 1.76 bits per heavy atom. The van der Waals surface area contributed by atoms with E-state index in [0.29, 0.717) is 6.04 Å². The van der Waals surface area contributed by atoms with E-state index in [1.807, 2.05) is 24.3 Å². The molecule has 0 aliphatic heterocycles. The Kier molecular flexibility index (Phi) is 3.99. The van der Waals surface area contributed by atoms with E-state index in [9.17, 15) is 4.39 Å². The van der Waals surface area contributed by atoms with Gasteiger partial charge in [-0.05, 0) is 41.8 Å². The Bertz CT molecular complexity index is 628. The van der Waals surface area contributed by atoms with Gasteiger partial charge in [-0.25, -0.2) is 4.39 Å². The third-order valence-electron chi connectivity index (χ3n) is 5.07. The largest absolute Gasteiger partial charge is 0.310 e. The zero-order valence-corrected chi connectivity index (χ0v) is 13.0. The highest BCUT2D eigenvalue weighted by Gasteiger charge is 2.38. The van der Waals surface area contributed by atoms with Crippen LogP contribution >= 0.6 is 0 Å². The lowest BCUT2D eigenvalue weighted by molar-refractivity contribution is 0.227. The summed E-state index contributed by atoms with van der Waals surface area (Å²) in [6, 6.07) is 11.8. The zero-order valence-electron chi connectivity index (χ0n) is 13.0. The van der Waals surface area contributed by atoms with E-state index in [2.05, 4.69) is 25.2 Å². The van der Waals surface area contributed by atoms with Crippen LogP contribution in [-0.4, -0.2) is 6.54 Å². The Balaban J connectivity index is 2.14. The van der Waals surface area contributed by atoms with Crippen molar-refractivity contribution >= 4 is 10.8 Å². The first-order valence-corrected chi connectivity index (χ1v) is 8.06. The van der Waals surface area contributed by atoms with Gasteiger partial charge in [-0.2, -0.15) is 0 Å². The Labute approximate surface area is 126 Å². The third-order valence-corrected chi connectivity index (χ3v) is 5.07. The predicted octanol–water partition coefficient (Wildman–Crippen LogP) is 5.21. The second-order valence-electron chi connectivity index (χ2n) is 6.53. The van der Waals surface area contributed by atoms with Crippen LogP contribution in [0, 0.1) is 11.2 Å². The van der Waals surface area contributed by atoms with E-state index in [0.717, 1.165) is 17.3 Å². The molecule has 1 N–H and O–H groups in total. The molecule has 0 radical (unpaired) electrons. The molecule has 0 aromatic heterocycles. The van der Waals surface area contributed by atoms with Gasteiger partial charge in [0.15, 0.2) is 0 Å². The standard InChI is InChI=1S/C19H24FN/c1-3-21-18(19(2)12-6-7-13-19)16-10-11-17(20)15-9-5-4-8-14(15)16/h4-5,8-11,18,21H,3,6-7,12-13H2,1-2H3. The quantitative estimate of drug-likeness (QED) is 0.813. The molecule has 2 aromatic carbocycles. The molecule has 1 fully saturated rings. The summed E-state index contributed by atoms with van der Waals surface area (Å²) < 4.78 is 14.1. The lowest BCUT2D eigenvalue weighted by Gasteiger charge is -2.36. The topological polar surface area (TPSA) is 12.0 Å². The number of hydrogen-bond donors (Lipinski definition) is 1. The molecule has 112 valence electrons. The van der Waals surface area contributed by atoms with Crippen molar-refractivity contribution in [2.45, 2.75) is 45.6 Å². The lowest BCUT2D eigenvalue weighted by Crippen LogP contribution is -2.34. The summed E-state index contributed by atoms with van der Waals surface area (Å²) in [4.78, 5) is 0. The van der Waals surface area contributed by atoms with Gasteiger partial charge in [-0.1, -0.05) is 57.0 Å². The highest BCUT2D eigenvalue weighted by Crippen LogP contribution is 2.48. The monoisotopic (exact) mass is 285 g/mol. The molecule has 2 heteroatoms. The maximum atomic E-state index is 14.1. The molecule has 21 heavy (non-hydrogen) atoms. The number of hydrogen-bond acceptors (Lipinski definition) is 1. The van der Waals surface area contributed by atoms with Crippen molar-refractivity contribution in [1.29, 1.82) is 0 Å². The summed E-state index contributed by atoms with van der Waals surface area (Å²) in [6.07, 6.45) is 5.10. The fraction of sp³-hybridized carbons (Fsp3) is 0.474. The van der Waals surface area contributed by atoms with E-state index >= 15 is 0 Å². The van der Waals surface area contributed by atoms with E-state index < -0.39 is 0 Å². The molecule has 1 saturated carbocycles. The van der Waals surface area contributed by atoms with Crippen LogP contribution in [0.25, 0.3) is 10.8 Å². The maximum absolute atomic E-state index is 14.1. The lowest BCUT2D eigenvalue weighted by atomic mass is 9.76. The van der Waals surface area contributed by atoms with Gasteiger partial charge < -0.3 is 5.32 Å². The number of rotatable bonds is 4. The second kappa shape index (κ2) is 5.76. The van der Waals surface area contributed by atoms with Gasteiger partial charge in [0.05, 0.1) is 0 Å². The number of nitrogens with one attached hydrogen (secondary N) is 1. The molecular formula is C19H24FN. The summed E-state index contributed by atoms with van der Waals surface area (Å²) in [6.45, 7) is 5.47. The van der Waals surface area contributed by atoms with E-state index in [-0.39, 0.29) is 11.2 Å². The molecule has 0 spiro atoms. The van der Waals surface area contributed by atoms with Gasteiger partial charge in [0.1, 0.15) is 5.82 Å². The van der Waals surface area contributed by atoms with Crippen molar-refractivity contribution in [2.75, 3.05) is 6.54 Å². The fourth-order valence-electron chi connectivity index (χ4n) is 3.94. The van der Waals surface area contributed by atoms with Crippen molar-refractivity contribution in [3.63, 3.8) is 0 Å². The molecule has 3 rings (SSSR count). The van der Waals surface area contributed by atoms with Gasteiger partial charge in [0.2, 0.25) is 0 Å². The van der Waals surface area contributed by atoms with Crippen LogP contribution in [0.4, 0.5) is 4.39 Å². The molecule has 1 atom stereocenters. The summed E-state index contributed by atoms with van der Waals surface area (Å²) in [7, 11) is 0. The Hall–Kier alpha value is -1.41. The predicted molar refractivity (Wildman–Crippen MR) is 86.9 cm³/mol. The van der Waals surface area contributed by atoms with Crippen LogP contribution in [-0.2, 0) is 0 Å². The van der Waals surface area contributed by atoms with E-state index in [1.165, 1.54) is 31.2 Å². The molecule has 1 aliphatic carbocycles. The molecule has 1 aliphatic rings. The maximum Gasteiger partial charge on any atom is 0.131 e. The third kappa shape index (κ3) is 2.57. The van der Waals surface area contributed by atoms with Crippen molar-refractivity contribution in [2.24, 2.45) is 5.41 Å². The Morgan fingerprint density at radius 3 is 2.43 bits per heavy atom. The molecule has 0 amide bonds. The number of halogens is 1. The van der Waals surface area contributed by atoms with Crippen LogP contribution in [0.3, 0.4) is 0 Å². The van der Waals surface area contributed by atoms with Gasteiger partial charge in [-0.15, -0.1) is 0 Å². The van der Waals surface area contributed by atoms with Crippen molar-refractivity contribution < 1.29 is 4.39 Å². The molecule has 1 unspecified atom stereocenters. The van der Waals surface area contributed by atoms with Crippen LogP contribution < -0.4 is 5.32 Å². The van der Waals surface area contributed by atoms with E-state index in [4.69, 9.17) is 0 Å². The molecule has 0 saturated heterocycles. The average Bonchev–Trinajstić information content (AvgIpc) is 2.94. The SMILES string of the molecule is CCNC(c1ccc(F)c2ccccc12)C1(C)CCCC1. The first kappa shape index (κ1) is 14.5. The summed E-state index contributed by atoms with van der Waals surface area (Å²) in [5.74, 6) is -0.124. The fourth-order valence-corrected chi connectivity index (χ4v) is 3.94. The zero-order chi connectivity index (χ0) is 14.9. The van der Waals surface area contributed by atoms with Crippen LogP contribution in [0.2, 0.25) is 0 Å². The average molecular weight is 285 g/mol. The molecular weight excluding hydrogens is 261 g/mol. The summed E-state index contributed by atoms with van der Waals surface area (Å²) >= 11 is 0. The smallest absolute Gasteiger partial charge is 0.131 e. The number of fused-ring (bicyclic) bond motifs is 1. The van der Waals surface area contributed by atoms with Gasteiger partial charge in [0.25, 0.3) is 0 Å². The van der Waals surface area contributed by atoms with E-state index in [1.54, 1.807) is 6.07 Å². The number of benzene rings is 2.